The third-order valence-electron chi connectivity index (χ3n) is 4.75. The average Bonchev–Trinajstić information content (AvgIpc) is 3.18. The number of hydrogen-bond acceptors (Lipinski definition) is 7. The van der Waals surface area contributed by atoms with Gasteiger partial charge < -0.3 is 24.7 Å². The lowest BCUT2D eigenvalue weighted by Crippen LogP contribution is -2.51. The standard InChI is InChI=1S/C17H18N4O3.C2HF3O2/c22-13-4-2-12(3-5-13)16(23)20-10-14-15(11-20)24-9-8-21(14)17-18-6-1-7-19-17;3-2(4,5)1(6)7/h1-7,14-15,22H,8-11H2;(H,6,7)/t14-,15+;/m1./s1. The second-order valence-electron chi connectivity index (χ2n) is 6.78. The summed E-state index contributed by atoms with van der Waals surface area (Å²) in [5.41, 5.74) is 0.564. The van der Waals surface area contributed by atoms with E-state index in [0.717, 1.165) is 0 Å². The summed E-state index contributed by atoms with van der Waals surface area (Å²) >= 11 is 0. The number of carboxylic acids is 1. The highest BCUT2D eigenvalue weighted by molar-refractivity contribution is 5.94. The number of anilines is 1. The molecule has 2 aliphatic heterocycles. The van der Waals surface area contributed by atoms with Crippen LogP contribution in [-0.4, -0.2) is 81.5 Å². The van der Waals surface area contributed by atoms with Crippen LogP contribution in [0.2, 0.25) is 0 Å². The predicted octanol–water partition coefficient (Wildman–Crippen LogP) is 1.55. The van der Waals surface area contributed by atoms with Crippen molar-refractivity contribution in [3.63, 3.8) is 0 Å². The number of aromatic nitrogens is 2. The largest absolute Gasteiger partial charge is 0.508 e. The maximum Gasteiger partial charge on any atom is 0.490 e. The zero-order chi connectivity index (χ0) is 22.6. The van der Waals surface area contributed by atoms with E-state index in [0.29, 0.717) is 37.8 Å². The first-order valence-electron chi connectivity index (χ1n) is 9.20. The molecule has 166 valence electrons. The molecular weight excluding hydrogens is 421 g/mol. The number of aromatic hydroxyl groups is 1. The van der Waals surface area contributed by atoms with Crippen molar-refractivity contribution in [3.8, 4) is 5.75 Å². The molecule has 2 atom stereocenters. The van der Waals surface area contributed by atoms with Crippen LogP contribution in [0, 0.1) is 0 Å². The zero-order valence-electron chi connectivity index (χ0n) is 16.1. The molecule has 2 aromatic rings. The molecule has 0 saturated carbocycles. The number of hydrogen-bond donors (Lipinski definition) is 2. The van der Waals surface area contributed by atoms with Crippen LogP contribution in [0.15, 0.2) is 42.7 Å². The molecule has 0 aliphatic carbocycles. The van der Waals surface area contributed by atoms with Gasteiger partial charge in [0.25, 0.3) is 5.91 Å². The highest BCUT2D eigenvalue weighted by Crippen LogP contribution is 2.27. The number of amides is 1. The third kappa shape index (κ3) is 5.40. The number of alkyl halides is 3. The number of nitrogens with zero attached hydrogens (tertiary/aromatic N) is 4. The lowest BCUT2D eigenvalue weighted by molar-refractivity contribution is -0.192. The number of phenolic OH excluding ortho intramolecular Hbond substituents is 1. The first-order chi connectivity index (χ1) is 14.7. The van der Waals surface area contributed by atoms with Gasteiger partial charge in [0.15, 0.2) is 0 Å². The van der Waals surface area contributed by atoms with Crippen molar-refractivity contribution in [1.82, 2.24) is 14.9 Å². The van der Waals surface area contributed by atoms with E-state index in [1.165, 1.54) is 12.1 Å². The van der Waals surface area contributed by atoms with Crippen molar-refractivity contribution in [2.75, 3.05) is 31.1 Å². The lowest BCUT2D eigenvalue weighted by Gasteiger charge is -2.36. The van der Waals surface area contributed by atoms with Gasteiger partial charge in [0.1, 0.15) is 5.75 Å². The van der Waals surface area contributed by atoms with Crippen molar-refractivity contribution < 1.29 is 37.7 Å². The maximum atomic E-state index is 12.7. The van der Waals surface area contributed by atoms with Gasteiger partial charge in [-0.25, -0.2) is 14.8 Å². The van der Waals surface area contributed by atoms with Crippen LogP contribution < -0.4 is 4.90 Å². The molecule has 2 aliphatic rings. The highest BCUT2D eigenvalue weighted by Gasteiger charge is 2.43. The van der Waals surface area contributed by atoms with Crippen molar-refractivity contribution in [2.24, 2.45) is 0 Å². The van der Waals surface area contributed by atoms with Crippen molar-refractivity contribution in [1.29, 1.82) is 0 Å². The van der Waals surface area contributed by atoms with Crippen molar-refractivity contribution in [2.45, 2.75) is 18.3 Å². The minimum Gasteiger partial charge on any atom is -0.508 e. The van der Waals surface area contributed by atoms with E-state index in [4.69, 9.17) is 14.6 Å². The van der Waals surface area contributed by atoms with Gasteiger partial charge in [-0.1, -0.05) is 0 Å². The molecule has 1 amide bonds. The molecule has 0 radical (unpaired) electrons. The Bertz CT molecular complexity index is 911. The molecule has 1 aromatic carbocycles. The number of phenols is 1. The summed E-state index contributed by atoms with van der Waals surface area (Å²) in [6.45, 7) is 2.43. The summed E-state index contributed by atoms with van der Waals surface area (Å²) in [6.07, 6.45) is -1.67. The van der Waals surface area contributed by atoms with Gasteiger partial charge in [-0.05, 0) is 30.3 Å². The number of aliphatic carboxylic acids is 1. The van der Waals surface area contributed by atoms with E-state index in [1.54, 1.807) is 35.5 Å². The second kappa shape index (κ2) is 9.16. The van der Waals surface area contributed by atoms with Crippen LogP contribution in [0.25, 0.3) is 0 Å². The Labute approximate surface area is 174 Å². The zero-order valence-corrected chi connectivity index (χ0v) is 16.1. The highest BCUT2D eigenvalue weighted by atomic mass is 19.4. The molecule has 2 fully saturated rings. The van der Waals surface area contributed by atoms with Gasteiger partial charge >= 0.3 is 12.1 Å². The summed E-state index contributed by atoms with van der Waals surface area (Å²) in [5, 5.41) is 16.5. The Balaban J connectivity index is 0.000000339. The smallest absolute Gasteiger partial charge is 0.490 e. The molecule has 0 unspecified atom stereocenters. The molecular formula is C19H19F3N4O5. The molecule has 12 heteroatoms. The normalized spacial score (nSPS) is 20.5. The number of halogens is 3. The molecule has 2 saturated heterocycles. The molecule has 9 nitrogen and oxygen atoms in total. The van der Waals surface area contributed by atoms with Crippen molar-refractivity contribution in [3.05, 3.63) is 48.3 Å². The number of carbonyl (C=O) groups excluding carboxylic acids is 1. The third-order valence-corrected chi connectivity index (χ3v) is 4.75. The van der Waals surface area contributed by atoms with Gasteiger partial charge in [0, 0.05) is 37.6 Å². The molecule has 0 spiro atoms. The number of likely N-dealkylation sites (tertiary alicyclic amines) is 1. The first-order valence-corrected chi connectivity index (χ1v) is 9.20. The summed E-state index contributed by atoms with van der Waals surface area (Å²) in [4.78, 5) is 34.2. The number of carboxylic acid groups (broad SMARTS) is 1. The summed E-state index contributed by atoms with van der Waals surface area (Å²) in [6, 6.07) is 8.17. The number of benzene rings is 1. The Hall–Kier alpha value is -3.41. The van der Waals surface area contributed by atoms with Crippen LogP contribution in [0.3, 0.4) is 0 Å². The molecule has 1 aromatic heterocycles. The van der Waals surface area contributed by atoms with Crippen LogP contribution in [-0.2, 0) is 9.53 Å². The minimum absolute atomic E-state index is 0.0383. The SMILES string of the molecule is O=C(O)C(F)(F)F.O=C(c1ccc(O)cc1)N1C[C@@H]2OCCN(c3ncccn3)[C@@H]2C1. The van der Waals surface area contributed by atoms with E-state index in [9.17, 15) is 23.1 Å². The monoisotopic (exact) mass is 440 g/mol. The molecule has 4 rings (SSSR count). The quantitative estimate of drug-likeness (QED) is 0.723. The van der Waals surface area contributed by atoms with Gasteiger partial charge in [-0.3, -0.25) is 4.79 Å². The van der Waals surface area contributed by atoms with E-state index in [1.807, 2.05) is 0 Å². The van der Waals surface area contributed by atoms with Crippen LogP contribution in [0.5, 0.6) is 5.75 Å². The van der Waals surface area contributed by atoms with Gasteiger partial charge in [0.05, 0.1) is 18.8 Å². The summed E-state index contributed by atoms with van der Waals surface area (Å²) in [7, 11) is 0. The van der Waals surface area contributed by atoms with E-state index < -0.39 is 12.1 Å². The van der Waals surface area contributed by atoms with Crippen LogP contribution in [0.4, 0.5) is 19.1 Å². The van der Waals surface area contributed by atoms with Crippen LogP contribution in [0.1, 0.15) is 10.4 Å². The molecule has 2 N–H and O–H groups in total. The number of fused-ring (bicyclic) bond motifs is 1. The molecule has 3 heterocycles. The van der Waals surface area contributed by atoms with Gasteiger partial charge in [-0.2, -0.15) is 13.2 Å². The minimum atomic E-state index is -5.08. The predicted molar refractivity (Wildman–Crippen MR) is 101 cm³/mol. The number of ether oxygens (including phenoxy) is 1. The van der Waals surface area contributed by atoms with E-state index in [-0.39, 0.29) is 23.8 Å². The van der Waals surface area contributed by atoms with Crippen LogP contribution >= 0.6 is 0 Å². The topological polar surface area (TPSA) is 116 Å². The number of rotatable bonds is 2. The first kappa shape index (κ1) is 22.3. The summed E-state index contributed by atoms with van der Waals surface area (Å²) in [5.74, 6) is -1.98. The maximum absolute atomic E-state index is 12.7. The molecule has 0 bridgehead atoms. The van der Waals surface area contributed by atoms with Gasteiger partial charge in [-0.15, -0.1) is 0 Å². The Morgan fingerprint density at radius 3 is 2.29 bits per heavy atom. The Kier molecular flexibility index (Phi) is 6.59. The number of morpholine rings is 1. The van der Waals surface area contributed by atoms with E-state index in [2.05, 4.69) is 14.9 Å². The lowest BCUT2D eigenvalue weighted by atomic mass is 10.1. The fourth-order valence-corrected chi connectivity index (χ4v) is 3.33. The fourth-order valence-electron chi connectivity index (χ4n) is 3.33. The van der Waals surface area contributed by atoms with Gasteiger partial charge in [0.2, 0.25) is 5.95 Å². The number of carbonyl (C=O) groups is 2. The average molecular weight is 440 g/mol. The Morgan fingerprint density at radius 1 is 1.10 bits per heavy atom. The fraction of sp³-hybridized carbons (Fsp3) is 0.368. The second-order valence-corrected chi connectivity index (χ2v) is 6.78. The molecule has 31 heavy (non-hydrogen) atoms. The Morgan fingerprint density at radius 2 is 1.71 bits per heavy atom. The van der Waals surface area contributed by atoms with E-state index >= 15 is 0 Å². The van der Waals surface area contributed by atoms with Crippen molar-refractivity contribution >= 4 is 17.8 Å². The summed E-state index contributed by atoms with van der Waals surface area (Å²) < 4.78 is 37.6.